The summed E-state index contributed by atoms with van der Waals surface area (Å²) in [7, 11) is 0. The molecule has 0 fully saturated rings. The first-order valence-electron chi connectivity index (χ1n) is 8.46. The van der Waals surface area contributed by atoms with Gasteiger partial charge < -0.3 is 5.32 Å². The van der Waals surface area contributed by atoms with Crippen molar-refractivity contribution in [2.75, 3.05) is 5.32 Å². The maximum atomic E-state index is 14.1. The van der Waals surface area contributed by atoms with Gasteiger partial charge in [-0.15, -0.1) is 11.3 Å². The number of rotatable bonds is 3. The Hall–Kier alpha value is -3.20. The van der Waals surface area contributed by atoms with Gasteiger partial charge in [-0.25, -0.2) is 9.07 Å². The standard InChI is InChI=1S/C20H13F4N3OS/c1-11-17-14(21)4-2-5-16(17)29-18(11)19(28)26-15-7-6-12(27-9-3-8-25-27)10-13(15)20(22,23)24/h2-10H,1H3,(H,26,28). The van der Waals surface area contributed by atoms with E-state index in [-0.39, 0.29) is 16.3 Å². The highest BCUT2D eigenvalue weighted by molar-refractivity contribution is 7.21. The summed E-state index contributed by atoms with van der Waals surface area (Å²) in [5.41, 5.74) is -0.776. The van der Waals surface area contributed by atoms with Gasteiger partial charge in [0.15, 0.2) is 0 Å². The van der Waals surface area contributed by atoms with Gasteiger partial charge in [-0.05, 0) is 48.9 Å². The number of hydrogen-bond donors (Lipinski definition) is 1. The molecule has 0 spiro atoms. The molecule has 9 heteroatoms. The Kier molecular flexibility index (Phi) is 4.62. The Labute approximate surface area is 166 Å². The number of nitrogens with zero attached hydrogens (tertiary/aromatic N) is 2. The zero-order chi connectivity index (χ0) is 20.8. The molecule has 1 amide bonds. The Morgan fingerprint density at radius 3 is 2.62 bits per heavy atom. The number of benzene rings is 2. The third kappa shape index (κ3) is 3.49. The van der Waals surface area contributed by atoms with Crippen LogP contribution in [0, 0.1) is 12.7 Å². The van der Waals surface area contributed by atoms with Gasteiger partial charge in [0.05, 0.1) is 21.8 Å². The van der Waals surface area contributed by atoms with Crippen LogP contribution in [0.15, 0.2) is 54.9 Å². The Balaban J connectivity index is 1.73. The number of aromatic nitrogens is 2. The molecule has 4 aromatic rings. The van der Waals surface area contributed by atoms with E-state index in [1.165, 1.54) is 41.3 Å². The van der Waals surface area contributed by atoms with E-state index in [1.807, 2.05) is 0 Å². The second-order valence-electron chi connectivity index (χ2n) is 6.30. The number of nitrogens with one attached hydrogen (secondary N) is 1. The SMILES string of the molecule is Cc1c(C(=O)Nc2ccc(-n3cccn3)cc2C(F)(F)F)sc2cccc(F)c12. The van der Waals surface area contributed by atoms with Crippen LogP contribution in [0.3, 0.4) is 0 Å². The van der Waals surface area contributed by atoms with E-state index in [0.29, 0.717) is 15.6 Å². The normalized spacial score (nSPS) is 11.8. The Morgan fingerprint density at radius 1 is 1.17 bits per heavy atom. The first-order valence-corrected chi connectivity index (χ1v) is 9.27. The lowest BCUT2D eigenvalue weighted by atomic mass is 10.1. The summed E-state index contributed by atoms with van der Waals surface area (Å²) in [6, 6.07) is 9.57. The highest BCUT2D eigenvalue weighted by Crippen LogP contribution is 2.37. The molecule has 0 saturated heterocycles. The number of anilines is 1. The van der Waals surface area contributed by atoms with Crippen molar-refractivity contribution in [3.63, 3.8) is 0 Å². The smallest absolute Gasteiger partial charge is 0.321 e. The van der Waals surface area contributed by atoms with Gasteiger partial charge in [-0.2, -0.15) is 18.3 Å². The lowest BCUT2D eigenvalue weighted by Gasteiger charge is -2.15. The molecule has 148 valence electrons. The van der Waals surface area contributed by atoms with Gasteiger partial charge >= 0.3 is 6.18 Å². The van der Waals surface area contributed by atoms with Crippen molar-refractivity contribution in [1.82, 2.24) is 9.78 Å². The van der Waals surface area contributed by atoms with Crippen molar-refractivity contribution < 1.29 is 22.4 Å². The maximum Gasteiger partial charge on any atom is 0.418 e. The van der Waals surface area contributed by atoms with Crippen LogP contribution >= 0.6 is 11.3 Å². The molecule has 0 bridgehead atoms. The summed E-state index contributed by atoms with van der Waals surface area (Å²) < 4.78 is 56.7. The number of fused-ring (bicyclic) bond motifs is 1. The van der Waals surface area contributed by atoms with Crippen LogP contribution in [0.4, 0.5) is 23.2 Å². The van der Waals surface area contributed by atoms with Gasteiger partial charge in [0.25, 0.3) is 5.91 Å². The molecule has 29 heavy (non-hydrogen) atoms. The van der Waals surface area contributed by atoms with Crippen LogP contribution in [0.2, 0.25) is 0 Å². The first-order chi connectivity index (χ1) is 13.8. The van der Waals surface area contributed by atoms with Crippen molar-refractivity contribution in [1.29, 1.82) is 0 Å². The largest absolute Gasteiger partial charge is 0.418 e. The third-order valence-electron chi connectivity index (χ3n) is 4.43. The van der Waals surface area contributed by atoms with Crippen molar-refractivity contribution in [2.45, 2.75) is 13.1 Å². The van der Waals surface area contributed by atoms with Crippen LogP contribution in [0.1, 0.15) is 20.8 Å². The van der Waals surface area contributed by atoms with E-state index in [2.05, 4.69) is 10.4 Å². The monoisotopic (exact) mass is 419 g/mol. The quantitative estimate of drug-likeness (QED) is 0.426. The fraction of sp³-hybridized carbons (Fsp3) is 0.100. The van der Waals surface area contributed by atoms with E-state index in [9.17, 15) is 22.4 Å². The van der Waals surface area contributed by atoms with Crippen LogP contribution in [-0.2, 0) is 6.18 Å². The molecule has 2 heterocycles. The van der Waals surface area contributed by atoms with E-state index in [1.54, 1.807) is 19.1 Å². The van der Waals surface area contributed by atoms with E-state index in [4.69, 9.17) is 0 Å². The number of carbonyl (C=O) groups excluding carboxylic acids is 1. The van der Waals surface area contributed by atoms with Crippen LogP contribution in [-0.4, -0.2) is 15.7 Å². The Morgan fingerprint density at radius 2 is 1.97 bits per heavy atom. The first kappa shape index (κ1) is 19.1. The van der Waals surface area contributed by atoms with Crippen molar-refractivity contribution in [2.24, 2.45) is 0 Å². The lowest BCUT2D eigenvalue weighted by Crippen LogP contribution is -2.17. The zero-order valence-corrected chi connectivity index (χ0v) is 15.7. The van der Waals surface area contributed by atoms with Gasteiger partial charge in [-0.1, -0.05) is 6.07 Å². The minimum Gasteiger partial charge on any atom is -0.321 e. The number of alkyl halides is 3. The highest BCUT2D eigenvalue weighted by atomic mass is 32.1. The molecule has 0 atom stereocenters. The molecule has 2 aromatic heterocycles. The van der Waals surface area contributed by atoms with Gasteiger partial charge in [0.1, 0.15) is 5.82 Å². The highest BCUT2D eigenvalue weighted by Gasteiger charge is 2.35. The summed E-state index contributed by atoms with van der Waals surface area (Å²) in [6.07, 6.45) is -1.72. The molecule has 2 aromatic carbocycles. The minimum absolute atomic E-state index is 0.161. The zero-order valence-electron chi connectivity index (χ0n) is 14.9. The summed E-state index contributed by atoms with van der Waals surface area (Å²) >= 11 is 1.03. The van der Waals surface area contributed by atoms with Crippen LogP contribution < -0.4 is 5.32 Å². The van der Waals surface area contributed by atoms with Crippen molar-refractivity contribution in [3.8, 4) is 5.69 Å². The average molecular weight is 419 g/mol. The van der Waals surface area contributed by atoms with E-state index in [0.717, 1.165) is 17.4 Å². The molecule has 0 aliphatic rings. The number of amides is 1. The summed E-state index contributed by atoms with van der Waals surface area (Å²) in [6.45, 7) is 1.57. The molecule has 0 aliphatic carbocycles. The molecule has 1 N–H and O–H groups in total. The summed E-state index contributed by atoms with van der Waals surface area (Å²) in [4.78, 5) is 12.9. The third-order valence-corrected chi connectivity index (χ3v) is 5.69. The van der Waals surface area contributed by atoms with Gasteiger partial charge in [-0.3, -0.25) is 4.79 Å². The predicted octanol–water partition coefficient (Wildman–Crippen LogP) is 5.81. The fourth-order valence-corrected chi connectivity index (χ4v) is 4.21. The van der Waals surface area contributed by atoms with Crippen molar-refractivity contribution >= 4 is 33.0 Å². The maximum absolute atomic E-state index is 14.1. The second kappa shape index (κ2) is 7.00. The summed E-state index contributed by atoms with van der Waals surface area (Å²) in [5.74, 6) is -1.20. The minimum atomic E-state index is -4.69. The van der Waals surface area contributed by atoms with Gasteiger partial charge in [0.2, 0.25) is 0 Å². The molecule has 4 rings (SSSR count). The molecule has 0 saturated carbocycles. The number of hydrogen-bond acceptors (Lipinski definition) is 3. The van der Waals surface area contributed by atoms with E-state index < -0.39 is 23.5 Å². The lowest BCUT2D eigenvalue weighted by molar-refractivity contribution is -0.136. The van der Waals surface area contributed by atoms with Crippen LogP contribution in [0.5, 0.6) is 0 Å². The number of carbonyl (C=O) groups is 1. The van der Waals surface area contributed by atoms with Gasteiger partial charge in [0, 0.05) is 22.5 Å². The molecule has 0 unspecified atom stereocenters. The second-order valence-corrected chi connectivity index (χ2v) is 7.35. The molecule has 4 nitrogen and oxygen atoms in total. The molecular weight excluding hydrogens is 406 g/mol. The average Bonchev–Trinajstić information content (AvgIpc) is 3.30. The molecule has 0 radical (unpaired) electrons. The Bertz CT molecular complexity index is 1210. The number of thiophene rings is 1. The topological polar surface area (TPSA) is 46.9 Å². The fourth-order valence-electron chi connectivity index (χ4n) is 3.09. The van der Waals surface area contributed by atoms with Crippen LogP contribution in [0.25, 0.3) is 15.8 Å². The predicted molar refractivity (Wildman–Crippen MR) is 103 cm³/mol. The number of halogens is 4. The van der Waals surface area contributed by atoms with Crippen molar-refractivity contribution in [3.05, 3.63) is 76.7 Å². The number of aryl methyl sites for hydroxylation is 1. The molecule has 0 aliphatic heterocycles. The van der Waals surface area contributed by atoms with E-state index >= 15 is 0 Å². The molecular formula is C20H13F4N3OS. The summed E-state index contributed by atoms with van der Waals surface area (Å²) in [5, 5.41) is 6.55.